The number of aromatic nitrogens is 2. The molecule has 3 heterocycles. The maximum atomic E-state index is 13.4. The second-order valence-corrected chi connectivity index (χ2v) is 9.42. The number of carbonyl (C=O) groups excluding carboxylic acids is 1. The topological polar surface area (TPSA) is 80.5 Å². The lowest BCUT2D eigenvalue weighted by Crippen LogP contribution is -2.46. The number of anilines is 1. The first kappa shape index (κ1) is 22.2. The van der Waals surface area contributed by atoms with Gasteiger partial charge in [0.1, 0.15) is 5.75 Å². The number of nitrogens with zero attached hydrogens (tertiary/aromatic N) is 3. The van der Waals surface area contributed by atoms with Gasteiger partial charge in [0.2, 0.25) is 5.82 Å². The van der Waals surface area contributed by atoms with Crippen molar-refractivity contribution in [1.82, 2.24) is 15.5 Å². The molecule has 34 heavy (non-hydrogen) atoms. The van der Waals surface area contributed by atoms with Crippen LogP contribution in [0.15, 0.2) is 81.2 Å². The van der Waals surface area contributed by atoms with Gasteiger partial charge in [0, 0.05) is 10.6 Å². The summed E-state index contributed by atoms with van der Waals surface area (Å²) in [6, 6.07) is 18.6. The fourth-order valence-corrected chi connectivity index (χ4v) is 5.09. The van der Waals surface area contributed by atoms with Gasteiger partial charge >= 0.3 is 6.03 Å². The van der Waals surface area contributed by atoms with Gasteiger partial charge < -0.3 is 14.6 Å². The van der Waals surface area contributed by atoms with Crippen molar-refractivity contribution in [3.63, 3.8) is 0 Å². The van der Waals surface area contributed by atoms with Crippen LogP contribution in [0.3, 0.4) is 0 Å². The Bertz CT molecular complexity index is 1360. The minimum Gasteiger partial charge on any atom is -0.497 e. The van der Waals surface area contributed by atoms with Gasteiger partial charge in [-0.2, -0.15) is 4.98 Å². The molecule has 4 aromatic rings. The minimum absolute atomic E-state index is 0.231. The molecule has 0 fully saturated rings. The maximum Gasteiger partial charge on any atom is 0.326 e. The molecular weight excluding hydrogens is 468 g/mol. The summed E-state index contributed by atoms with van der Waals surface area (Å²) in [5, 5.41) is 9.31. The second kappa shape index (κ2) is 9.36. The number of rotatable bonds is 6. The molecule has 7 nitrogen and oxygen atoms in total. The maximum absolute atomic E-state index is 13.4. The summed E-state index contributed by atoms with van der Waals surface area (Å²) in [6.07, 6.45) is 2.01. The third kappa shape index (κ3) is 4.08. The van der Waals surface area contributed by atoms with Crippen LogP contribution in [0.4, 0.5) is 10.5 Å². The van der Waals surface area contributed by atoms with Gasteiger partial charge in [-0.05, 0) is 60.5 Å². The predicted molar refractivity (Wildman–Crippen MR) is 135 cm³/mol. The van der Waals surface area contributed by atoms with Crippen LogP contribution in [0, 0.1) is 0 Å². The Labute approximate surface area is 205 Å². The number of hydrogen-bond donors (Lipinski definition) is 1. The number of methoxy groups -OCH3 is 1. The summed E-state index contributed by atoms with van der Waals surface area (Å²) in [5.41, 5.74) is 3.07. The van der Waals surface area contributed by atoms with Crippen molar-refractivity contribution in [2.24, 2.45) is 0 Å². The Balaban J connectivity index is 1.67. The zero-order valence-corrected chi connectivity index (χ0v) is 20.4. The van der Waals surface area contributed by atoms with E-state index in [1.807, 2.05) is 79.2 Å². The van der Waals surface area contributed by atoms with E-state index in [9.17, 15) is 4.79 Å². The predicted octanol–water partition coefficient (Wildman–Crippen LogP) is 6.23. The van der Waals surface area contributed by atoms with E-state index in [4.69, 9.17) is 14.2 Å². The van der Waals surface area contributed by atoms with Crippen molar-refractivity contribution in [3.8, 4) is 16.5 Å². The summed E-state index contributed by atoms with van der Waals surface area (Å²) < 4.78 is 11.2. The van der Waals surface area contributed by atoms with Gasteiger partial charge in [-0.15, -0.1) is 23.1 Å². The van der Waals surface area contributed by atoms with Gasteiger partial charge in [-0.1, -0.05) is 29.4 Å². The number of thiophene rings is 1. The van der Waals surface area contributed by atoms with E-state index in [-0.39, 0.29) is 6.03 Å². The van der Waals surface area contributed by atoms with Crippen LogP contribution in [-0.2, 0) is 0 Å². The Morgan fingerprint density at radius 3 is 2.76 bits per heavy atom. The number of hydrogen-bond acceptors (Lipinski definition) is 7. The van der Waals surface area contributed by atoms with Crippen LogP contribution in [0.2, 0.25) is 0 Å². The van der Waals surface area contributed by atoms with E-state index in [0.717, 1.165) is 32.3 Å². The monoisotopic (exact) mass is 490 g/mol. The molecule has 0 radical (unpaired) electrons. The van der Waals surface area contributed by atoms with Crippen LogP contribution in [0.5, 0.6) is 5.75 Å². The molecule has 1 aliphatic heterocycles. The molecule has 1 N–H and O–H groups in total. The molecule has 2 amide bonds. The molecule has 172 valence electrons. The average Bonchev–Trinajstić information content (AvgIpc) is 3.56. The van der Waals surface area contributed by atoms with Gasteiger partial charge in [0.15, 0.2) is 0 Å². The Morgan fingerprint density at radius 1 is 1.15 bits per heavy atom. The van der Waals surface area contributed by atoms with E-state index in [1.165, 1.54) is 0 Å². The Hall–Kier alpha value is -3.56. The SMILES string of the molecule is COc1cccc(C2NC(=O)N(c3cccc(SC)c3)C(C)=C2c2nc(-c3cccs3)no2)c1. The van der Waals surface area contributed by atoms with Crippen LogP contribution < -0.4 is 15.0 Å². The standard InChI is InChI=1S/C25H22N4O3S2/c1-15-21(24-27-23(28-32-24)20-11-6-12-34-20)22(16-7-4-9-18(13-16)31-2)26-25(30)29(15)17-8-5-10-19(14-17)33-3/h4-14,22H,1-3H3,(H,26,30). The van der Waals surface area contributed by atoms with Gasteiger partial charge in [-0.25, -0.2) is 4.79 Å². The normalized spacial score (nSPS) is 16.0. The molecule has 0 aliphatic carbocycles. The highest BCUT2D eigenvalue weighted by Crippen LogP contribution is 2.40. The van der Waals surface area contributed by atoms with Crippen LogP contribution >= 0.6 is 23.1 Å². The lowest BCUT2D eigenvalue weighted by Gasteiger charge is -2.35. The number of nitrogens with one attached hydrogen (secondary N) is 1. The Morgan fingerprint density at radius 2 is 2.00 bits per heavy atom. The summed E-state index contributed by atoms with van der Waals surface area (Å²) >= 11 is 3.16. The van der Waals surface area contributed by atoms with Gasteiger partial charge in [0.25, 0.3) is 5.89 Å². The summed E-state index contributed by atoms with van der Waals surface area (Å²) in [7, 11) is 1.62. The molecule has 0 bridgehead atoms. The largest absolute Gasteiger partial charge is 0.497 e. The molecule has 9 heteroatoms. The van der Waals surface area contributed by atoms with E-state index in [0.29, 0.717) is 17.5 Å². The lowest BCUT2D eigenvalue weighted by atomic mass is 9.94. The first-order chi connectivity index (χ1) is 16.6. The minimum atomic E-state index is -0.487. The van der Waals surface area contributed by atoms with Crippen molar-refractivity contribution in [2.75, 3.05) is 18.3 Å². The van der Waals surface area contributed by atoms with Gasteiger partial charge in [0.05, 0.1) is 29.3 Å². The number of allylic oxidation sites excluding steroid dienone is 1. The smallest absolute Gasteiger partial charge is 0.326 e. The van der Waals surface area contributed by atoms with E-state index in [1.54, 1.807) is 35.1 Å². The molecule has 5 rings (SSSR count). The summed E-state index contributed by atoms with van der Waals surface area (Å²) in [6.45, 7) is 1.90. The van der Waals surface area contributed by atoms with E-state index in [2.05, 4.69) is 10.5 Å². The van der Waals surface area contributed by atoms with Crippen LogP contribution in [-0.4, -0.2) is 29.5 Å². The fraction of sp³-hybridized carbons (Fsp3) is 0.160. The molecular formula is C25H22N4O3S2. The van der Waals surface area contributed by atoms with Crippen LogP contribution in [0.1, 0.15) is 24.4 Å². The molecule has 2 aromatic heterocycles. The van der Waals surface area contributed by atoms with Crippen molar-refractivity contribution in [3.05, 3.63) is 83.2 Å². The van der Waals surface area contributed by atoms with Crippen molar-refractivity contribution < 1.29 is 14.1 Å². The van der Waals surface area contributed by atoms with Crippen molar-refractivity contribution >= 4 is 40.4 Å². The highest BCUT2D eigenvalue weighted by atomic mass is 32.2. The first-order valence-corrected chi connectivity index (χ1v) is 12.7. The highest BCUT2D eigenvalue weighted by Gasteiger charge is 2.36. The zero-order chi connectivity index (χ0) is 23.7. The highest BCUT2D eigenvalue weighted by molar-refractivity contribution is 7.98. The second-order valence-electron chi connectivity index (χ2n) is 7.60. The van der Waals surface area contributed by atoms with Gasteiger partial charge in [-0.3, -0.25) is 4.90 Å². The third-order valence-electron chi connectivity index (χ3n) is 5.62. The zero-order valence-electron chi connectivity index (χ0n) is 18.8. The quantitative estimate of drug-likeness (QED) is 0.323. The molecule has 1 atom stereocenters. The lowest BCUT2D eigenvalue weighted by molar-refractivity contribution is 0.244. The first-order valence-electron chi connectivity index (χ1n) is 10.6. The van der Waals surface area contributed by atoms with E-state index >= 15 is 0 Å². The summed E-state index contributed by atoms with van der Waals surface area (Å²) in [5.74, 6) is 1.57. The Kier molecular flexibility index (Phi) is 6.12. The number of urea groups is 1. The number of benzene rings is 2. The van der Waals surface area contributed by atoms with Crippen LogP contribution in [0.25, 0.3) is 16.3 Å². The number of thioether (sulfide) groups is 1. The molecule has 0 spiro atoms. The molecule has 0 saturated heterocycles. The molecule has 1 unspecified atom stereocenters. The van der Waals surface area contributed by atoms with Crippen molar-refractivity contribution in [2.45, 2.75) is 17.9 Å². The van der Waals surface area contributed by atoms with Crippen molar-refractivity contribution in [1.29, 1.82) is 0 Å². The number of ether oxygens (including phenoxy) is 1. The van der Waals surface area contributed by atoms with E-state index < -0.39 is 6.04 Å². The number of carbonyl (C=O) groups is 1. The molecule has 1 aliphatic rings. The average molecular weight is 491 g/mol. The summed E-state index contributed by atoms with van der Waals surface area (Å²) in [4.78, 5) is 21.7. The number of amides is 2. The molecule has 2 aromatic carbocycles. The molecule has 0 saturated carbocycles. The fourth-order valence-electron chi connectivity index (χ4n) is 3.99. The third-order valence-corrected chi connectivity index (χ3v) is 7.21.